The van der Waals surface area contributed by atoms with E-state index in [4.69, 9.17) is 15.2 Å². The van der Waals surface area contributed by atoms with Gasteiger partial charge >= 0.3 is 5.97 Å². The number of hydrogen-bond donors (Lipinski definition) is 2. The Kier molecular flexibility index (Phi) is 4.45. The first-order chi connectivity index (χ1) is 9.61. The summed E-state index contributed by atoms with van der Waals surface area (Å²) in [5.41, 5.74) is 6.22. The van der Waals surface area contributed by atoms with Crippen molar-refractivity contribution in [1.29, 1.82) is 0 Å². The van der Waals surface area contributed by atoms with Gasteiger partial charge in [-0.25, -0.2) is 4.79 Å². The van der Waals surface area contributed by atoms with Gasteiger partial charge in [-0.2, -0.15) is 0 Å². The molecule has 1 saturated carbocycles. The molecule has 1 aromatic carbocycles. The summed E-state index contributed by atoms with van der Waals surface area (Å²) < 4.78 is 10.1. The van der Waals surface area contributed by atoms with Gasteiger partial charge in [0.05, 0.1) is 13.5 Å². The fourth-order valence-corrected chi connectivity index (χ4v) is 1.77. The molecule has 1 aliphatic rings. The Morgan fingerprint density at radius 1 is 1.40 bits per heavy atom. The Hall–Kier alpha value is -2.24. The molecule has 108 valence electrons. The number of hydrogen-bond acceptors (Lipinski definition) is 5. The van der Waals surface area contributed by atoms with Crippen LogP contribution in [0.5, 0.6) is 5.75 Å². The Labute approximate surface area is 117 Å². The summed E-state index contributed by atoms with van der Waals surface area (Å²) in [7, 11) is 1.45. The minimum absolute atomic E-state index is 0.0227. The average Bonchev–Trinajstić information content (AvgIpc) is 3.21. The SMILES string of the molecule is COc1cccc(N)c1C(=O)OCCC(=O)NC1CC1. The predicted octanol–water partition coefficient (Wildman–Crippen LogP) is 1.10. The van der Waals surface area contributed by atoms with E-state index < -0.39 is 5.97 Å². The zero-order valence-electron chi connectivity index (χ0n) is 11.3. The lowest BCUT2D eigenvalue weighted by atomic mass is 10.1. The summed E-state index contributed by atoms with van der Waals surface area (Å²) >= 11 is 0. The minimum Gasteiger partial charge on any atom is -0.496 e. The molecule has 0 bridgehead atoms. The zero-order chi connectivity index (χ0) is 14.5. The molecule has 0 unspecified atom stereocenters. The van der Waals surface area contributed by atoms with E-state index in [9.17, 15) is 9.59 Å². The van der Waals surface area contributed by atoms with Gasteiger partial charge in [0, 0.05) is 11.7 Å². The van der Waals surface area contributed by atoms with Gasteiger partial charge in [-0.1, -0.05) is 6.07 Å². The number of benzene rings is 1. The number of ether oxygens (including phenoxy) is 2. The highest BCUT2D eigenvalue weighted by molar-refractivity contribution is 5.98. The van der Waals surface area contributed by atoms with E-state index in [2.05, 4.69) is 5.32 Å². The number of esters is 1. The molecule has 0 heterocycles. The number of nitrogens with one attached hydrogen (secondary N) is 1. The first-order valence-corrected chi connectivity index (χ1v) is 6.50. The summed E-state index contributed by atoms with van der Waals surface area (Å²) in [5.74, 6) is -0.329. The van der Waals surface area contributed by atoms with Crippen LogP contribution in [0.2, 0.25) is 0 Å². The predicted molar refractivity (Wildman–Crippen MR) is 73.5 cm³/mol. The van der Waals surface area contributed by atoms with Crippen LogP contribution in [0, 0.1) is 0 Å². The normalized spacial score (nSPS) is 13.7. The lowest BCUT2D eigenvalue weighted by Gasteiger charge is -2.10. The van der Waals surface area contributed by atoms with Crippen molar-refractivity contribution < 1.29 is 19.1 Å². The molecule has 0 aliphatic heterocycles. The molecule has 0 spiro atoms. The number of nitrogen functional groups attached to an aromatic ring is 1. The highest BCUT2D eigenvalue weighted by Crippen LogP contribution is 2.25. The molecule has 1 aliphatic carbocycles. The molecule has 0 atom stereocenters. The maximum absolute atomic E-state index is 11.9. The Morgan fingerprint density at radius 3 is 2.80 bits per heavy atom. The molecule has 0 saturated heterocycles. The molecule has 0 aromatic heterocycles. The molecule has 1 aromatic rings. The van der Waals surface area contributed by atoms with E-state index in [0.717, 1.165) is 12.8 Å². The molecule has 20 heavy (non-hydrogen) atoms. The molecule has 0 radical (unpaired) electrons. The van der Waals surface area contributed by atoms with Crippen LogP contribution in [0.25, 0.3) is 0 Å². The van der Waals surface area contributed by atoms with Crippen LogP contribution in [0.1, 0.15) is 29.6 Å². The van der Waals surface area contributed by atoms with Gasteiger partial charge in [-0.15, -0.1) is 0 Å². The Bertz CT molecular complexity index is 512. The number of methoxy groups -OCH3 is 1. The van der Waals surface area contributed by atoms with Gasteiger partial charge in [0.25, 0.3) is 0 Å². The molecule has 1 amide bonds. The third-order valence-electron chi connectivity index (χ3n) is 2.99. The number of nitrogens with two attached hydrogens (primary N) is 1. The van der Waals surface area contributed by atoms with Gasteiger partial charge < -0.3 is 20.5 Å². The summed E-state index contributed by atoms with van der Waals surface area (Å²) in [4.78, 5) is 23.4. The highest BCUT2D eigenvalue weighted by atomic mass is 16.5. The Morgan fingerprint density at radius 2 is 2.15 bits per heavy atom. The average molecular weight is 278 g/mol. The number of amides is 1. The zero-order valence-corrected chi connectivity index (χ0v) is 11.3. The first kappa shape index (κ1) is 14.2. The molecule has 3 N–H and O–H groups in total. The van der Waals surface area contributed by atoms with E-state index in [-0.39, 0.29) is 30.2 Å². The maximum Gasteiger partial charge on any atom is 0.344 e. The largest absolute Gasteiger partial charge is 0.496 e. The van der Waals surface area contributed by atoms with E-state index in [1.807, 2.05) is 0 Å². The standard InChI is InChI=1S/C14H18N2O4/c1-19-11-4-2-3-10(15)13(11)14(18)20-8-7-12(17)16-9-5-6-9/h2-4,9H,5-8,15H2,1H3,(H,16,17). The summed E-state index contributed by atoms with van der Waals surface area (Å²) in [6.45, 7) is 0.0227. The number of rotatable bonds is 6. The van der Waals surface area contributed by atoms with Crippen molar-refractivity contribution in [3.63, 3.8) is 0 Å². The van der Waals surface area contributed by atoms with Crippen molar-refractivity contribution in [2.75, 3.05) is 19.5 Å². The maximum atomic E-state index is 11.9. The second kappa shape index (κ2) is 6.27. The van der Waals surface area contributed by atoms with Crippen LogP contribution in [-0.2, 0) is 9.53 Å². The van der Waals surface area contributed by atoms with Crippen LogP contribution in [0.4, 0.5) is 5.69 Å². The molecule has 6 nitrogen and oxygen atoms in total. The second-order valence-electron chi connectivity index (χ2n) is 4.65. The Balaban J connectivity index is 1.86. The summed E-state index contributed by atoms with van der Waals surface area (Å²) in [6.07, 6.45) is 2.21. The van der Waals surface area contributed by atoms with Crippen molar-refractivity contribution in [2.45, 2.75) is 25.3 Å². The monoisotopic (exact) mass is 278 g/mol. The smallest absolute Gasteiger partial charge is 0.344 e. The van der Waals surface area contributed by atoms with Crippen LogP contribution in [0.3, 0.4) is 0 Å². The van der Waals surface area contributed by atoms with E-state index in [1.54, 1.807) is 18.2 Å². The third kappa shape index (κ3) is 3.63. The van der Waals surface area contributed by atoms with Crippen molar-refractivity contribution >= 4 is 17.6 Å². The van der Waals surface area contributed by atoms with Crippen LogP contribution in [0.15, 0.2) is 18.2 Å². The van der Waals surface area contributed by atoms with Crippen molar-refractivity contribution in [3.05, 3.63) is 23.8 Å². The van der Waals surface area contributed by atoms with Crippen molar-refractivity contribution in [1.82, 2.24) is 5.32 Å². The topological polar surface area (TPSA) is 90.7 Å². The fourth-order valence-electron chi connectivity index (χ4n) is 1.77. The summed E-state index contributed by atoms with van der Waals surface area (Å²) in [5, 5.41) is 2.82. The third-order valence-corrected chi connectivity index (χ3v) is 2.99. The van der Waals surface area contributed by atoms with Crippen molar-refractivity contribution in [2.24, 2.45) is 0 Å². The lowest BCUT2D eigenvalue weighted by molar-refractivity contribution is -0.121. The fraction of sp³-hybridized carbons (Fsp3) is 0.429. The van der Waals surface area contributed by atoms with Crippen LogP contribution >= 0.6 is 0 Å². The molecule has 2 rings (SSSR count). The first-order valence-electron chi connectivity index (χ1n) is 6.50. The number of anilines is 1. The van der Waals surface area contributed by atoms with Gasteiger partial charge in [-0.05, 0) is 25.0 Å². The van der Waals surface area contributed by atoms with Gasteiger partial charge in [0.1, 0.15) is 17.9 Å². The van der Waals surface area contributed by atoms with Gasteiger partial charge in [0.2, 0.25) is 5.91 Å². The van der Waals surface area contributed by atoms with Gasteiger partial charge in [0.15, 0.2) is 0 Å². The van der Waals surface area contributed by atoms with Crippen LogP contribution in [-0.4, -0.2) is 31.6 Å². The number of carbonyl (C=O) groups excluding carboxylic acids is 2. The summed E-state index contributed by atoms with van der Waals surface area (Å²) in [6, 6.07) is 5.22. The minimum atomic E-state index is -0.584. The highest BCUT2D eigenvalue weighted by Gasteiger charge is 2.23. The van der Waals surface area contributed by atoms with Gasteiger partial charge in [-0.3, -0.25) is 4.79 Å². The van der Waals surface area contributed by atoms with E-state index >= 15 is 0 Å². The quantitative estimate of drug-likeness (QED) is 0.600. The van der Waals surface area contributed by atoms with E-state index in [1.165, 1.54) is 7.11 Å². The number of carbonyl (C=O) groups is 2. The second-order valence-corrected chi connectivity index (χ2v) is 4.65. The molecule has 1 fully saturated rings. The van der Waals surface area contributed by atoms with E-state index in [0.29, 0.717) is 11.8 Å². The molecular weight excluding hydrogens is 260 g/mol. The van der Waals surface area contributed by atoms with Crippen molar-refractivity contribution in [3.8, 4) is 5.75 Å². The molecule has 6 heteroatoms. The lowest BCUT2D eigenvalue weighted by Crippen LogP contribution is -2.26. The molecular formula is C14H18N2O4. The van der Waals surface area contributed by atoms with Crippen LogP contribution < -0.4 is 15.8 Å².